The fourth-order valence-electron chi connectivity index (χ4n) is 1.75. The zero-order chi connectivity index (χ0) is 15.2. The number of H-pyrrole nitrogens is 1. The van der Waals surface area contributed by atoms with E-state index in [1.165, 1.54) is 18.3 Å². The highest BCUT2D eigenvalue weighted by molar-refractivity contribution is 6.04. The molecule has 0 saturated heterocycles. The molecule has 1 aromatic heterocycles. The number of carbonyl (C=O) groups is 1. The molecule has 0 saturated carbocycles. The first-order chi connectivity index (χ1) is 10.1. The summed E-state index contributed by atoms with van der Waals surface area (Å²) in [6, 6.07) is 8.16. The van der Waals surface area contributed by atoms with Crippen LogP contribution in [0.1, 0.15) is 21.5 Å². The molecule has 5 nitrogen and oxygen atoms in total. The number of carbonyl (C=O) groups excluding carboxylic acids is 1. The third-order valence-corrected chi connectivity index (χ3v) is 2.77. The molecule has 0 bridgehead atoms. The van der Waals surface area contributed by atoms with Gasteiger partial charge in [0.25, 0.3) is 5.91 Å². The Morgan fingerprint density at radius 1 is 1.33 bits per heavy atom. The lowest BCUT2D eigenvalue weighted by Crippen LogP contribution is -2.15. The Kier molecular flexibility index (Phi) is 4.54. The largest absolute Gasteiger partial charge is 0.384 e. The van der Waals surface area contributed by atoms with Gasteiger partial charge in [-0.3, -0.25) is 9.59 Å². The molecule has 5 heteroatoms. The van der Waals surface area contributed by atoms with E-state index >= 15 is 0 Å². The number of hydrogen-bond donors (Lipinski definition) is 3. The number of pyridine rings is 1. The van der Waals surface area contributed by atoms with Crippen LogP contribution in [0.2, 0.25) is 0 Å². The van der Waals surface area contributed by atoms with Crippen LogP contribution in [0.15, 0.2) is 41.3 Å². The van der Waals surface area contributed by atoms with Crippen molar-refractivity contribution in [1.29, 1.82) is 0 Å². The molecule has 0 atom stereocenters. The maximum absolute atomic E-state index is 12.1. The van der Waals surface area contributed by atoms with Crippen molar-refractivity contribution < 1.29 is 9.90 Å². The maximum Gasteiger partial charge on any atom is 0.257 e. The molecule has 1 aromatic carbocycles. The van der Waals surface area contributed by atoms with Crippen molar-refractivity contribution >= 4 is 11.6 Å². The van der Waals surface area contributed by atoms with Gasteiger partial charge in [-0.15, -0.1) is 0 Å². The van der Waals surface area contributed by atoms with Crippen molar-refractivity contribution in [3.05, 3.63) is 63.6 Å². The van der Waals surface area contributed by atoms with E-state index in [0.717, 1.165) is 5.56 Å². The third-order valence-electron chi connectivity index (χ3n) is 2.77. The molecular formula is C16H14N2O3. The van der Waals surface area contributed by atoms with Crippen molar-refractivity contribution in [3.63, 3.8) is 0 Å². The molecule has 2 aromatic rings. The summed E-state index contributed by atoms with van der Waals surface area (Å²) in [6.45, 7) is 1.67. The summed E-state index contributed by atoms with van der Waals surface area (Å²) in [7, 11) is 0. The third kappa shape index (κ3) is 3.81. The van der Waals surface area contributed by atoms with Crippen molar-refractivity contribution in [3.8, 4) is 11.8 Å². The Bertz CT molecular complexity index is 762. The van der Waals surface area contributed by atoms with Crippen LogP contribution in [-0.4, -0.2) is 22.6 Å². The Hall–Kier alpha value is -2.84. The fraction of sp³-hybridized carbons (Fsp3) is 0.125. The Balaban J connectivity index is 2.28. The number of aliphatic hydroxyl groups is 1. The first kappa shape index (κ1) is 14.6. The number of aliphatic hydroxyl groups excluding tert-OH is 1. The van der Waals surface area contributed by atoms with Crippen LogP contribution in [0, 0.1) is 18.8 Å². The lowest BCUT2D eigenvalue weighted by Gasteiger charge is -2.08. The van der Waals surface area contributed by atoms with Crippen molar-refractivity contribution in [2.45, 2.75) is 6.92 Å². The van der Waals surface area contributed by atoms with Crippen LogP contribution in [0.4, 0.5) is 5.69 Å². The minimum Gasteiger partial charge on any atom is -0.384 e. The van der Waals surface area contributed by atoms with Gasteiger partial charge < -0.3 is 15.4 Å². The number of nitrogens with one attached hydrogen (secondary N) is 2. The Morgan fingerprint density at radius 3 is 2.81 bits per heavy atom. The molecule has 106 valence electrons. The SMILES string of the molecule is Cc1ccc(NC(=O)c2ccc(=O)[nH]c2)c(C#CCO)c1. The molecule has 1 heterocycles. The summed E-state index contributed by atoms with van der Waals surface area (Å²) in [5.74, 6) is 5.01. The number of aromatic amines is 1. The number of anilines is 1. The minimum absolute atomic E-state index is 0.249. The van der Waals surface area contributed by atoms with E-state index in [1.54, 1.807) is 6.07 Å². The highest BCUT2D eigenvalue weighted by Crippen LogP contribution is 2.17. The number of rotatable bonds is 2. The van der Waals surface area contributed by atoms with Crippen LogP contribution in [0.25, 0.3) is 0 Å². The number of benzene rings is 1. The molecule has 0 fully saturated rings. The molecule has 0 radical (unpaired) electrons. The van der Waals surface area contributed by atoms with Gasteiger partial charge in [0.2, 0.25) is 5.56 Å². The Labute approximate surface area is 121 Å². The van der Waals surface area contributed by atoms with Gasteiger partial charge in [-0.25, -0.2) is 0 Å². The molecule has 0 spiro atoms. The van der Waals surface area contributed by atoms with Gasteiger partial charge in [-0.05, 0) is 30.7 Å². The van der Waals surface area contributed by atoms with Crippen LogP contribution in [0.5, 0.6) is 0 Å². The first-order valence-corrected chi connectivity index (χ1v) is 6.30. The van der Waals surface area contributed by atoms with Gasteiger partial charge in [0.1, 0.15) is 6.61 Å². The standard InChI is InChI=1S/C16H14N2O3/c1-11-4-6-14(12(9-11)3-2-8-19)18-16(21)13-5-7-15(20)17-10-13/h4-7,9-10,19H,8H2,1H3,(H,17,20)(H,18,21). The average molecular weight is 282 g/mol. The second kappa shape index (κ2) is 6.55. The van der Waals surface area contributed by atoms with E-state index in [2.05, 4.69) is 22.1 Å². The van der Waals surface area contributed by atoms with Crippen molar-refractivity contribution in [2.75, 3.05) is 11.9 Å². The van der Waals surface area contributed by atoms with Gasteiger partial charge in [0.15, 0.2) is 0 Å². The van der Waals surface area contributed by atoms with Gasteiger partial charge in [0, 0.05) is 17.8 Å². The number of hydrogen-bond acceptors (Lipinski definition) is 3. The van der Waals surface area contributed by atoms with Gasteiger partial charge in [-0.2, -0.15) is 0 Å². The molecule has 3 N–H and O–H groups in total. The summed E-state index contributed by atoms with van der Waals surface area (Å²) >= 11 is 0. The van der Waals surface area contributed by atoms with Crippen LogP contribution in [-0.2, 0) is 0 Å². The second-order valence-electron chi connectivity index (χ2n) is 4.40. The smallest absolute Gasteiger partial charge is 0.257 e. The zero-order valence-corrected chi connectivity index (χ0v) is 11.4. The average Bonchev–Trinajstić information content (AvgIpc) is 2.48. The minimum atomic E-state index is -0.345. The molecule has 2 rings (SSSR count). The van der Waals surface area contributed by atoms with Crippen LogP contribution >= 0.6 is 0 Å². The number of amides is 1. The summed E-state index contributed by atoms with van der Waals surface area (Å²) in [6.07, 6.45) is 1.35. The van der Waals surface area contributed by atoms with Crippen LogP contribution in [0.3, 0.4) is 0 Å². The predicted octanol–water partition coefficient (Wildman–Crippen LogP) is 1.28. The molecule has 0 unspecified atom stereocenters. The van der Waals surface area contributed by atoms with E-state index in [1.807, 2.05) is 19.1 Å². The van der Waals surface area contributed by atoms with E-state index in [-0.39, 0.29) is 18.1 Å². The molecular weight excluding hydrogens is 268 g/mol. The Morgan fingerprint density at radius 2 is 2.14 bits per heavy atom. The van der Waals surface area contributed by atoms with Crippen molar-refractivity contribution in [2.24, 2.45) is 0 Å². The van der Waals surface area contributed by atoms with Crippen molar-refractivity contribution in [1.82, 2.24) is 4.98 Å². The van der Waals surface area contributed by atoms with Crippen LogP contribution < -0.4 is 10.9 Å². The zero-order valence-electron chi connectivity index (χ0n) is 11.4. The summed E-state index contributed by atoms with van der Waals surface area (Å²) in [4.78, 5) is 25.5. The summed E-state index contributed by atoms with van der Waals surface area (Å²) < 4.78 is 0. The van der Waals surface area contributed by atoms with E-state index < -0.39 is 0 Å². The molecule has 0 aliphatic carbocycles. The second-order valence-corrected chi connectivity index (χ2v) is 4.40. The van der Waals surface area contributed by atoms with Gasteiger partial charge in [-0.1, -0.05) is 17.9 Å². The first-order valence-electron chi connectivity index (χ1n) is 6.30. The molecule has 0 aliphatic heterocycles. The maximum atomic E-state index is 12.1. The van der Waals surface area contributed by atoms with Gasteiger partial charge >= 0.3 is 0 Å². The van der Waals surface area contributed by atoms with E-state index in [4.69, 9.17) is 5.11 Å². The molecule has 0 aliphatic rings. The fourth-order valence-corrected chi connectivity index (χ4v) is 1.75. The number of aryl methyl sites for hydroxylation is 1. The number of aromatic nitrogens is 1. The van der Waals surface area contributed by atoms with Gasteiger partial charge in [0.05, 0.1) is 11.3 Å². The summed E-state index contributed by atoms with van der Waals surface area (Å²) in [5, 5.41) is 11.5. The highest BCUT2D eigenvalue weighted by atomic mass is 16.2. The normalized spacial score (nSPS) is 9.62. The lowest BCUT2D eigenvalue weighted by molar-refractivity contribution is 0.102. The molecule has 21 heavy (non-hydrogen) atoms. The van der Waals surface area contributed by atoms with E-state index in [9.17, 15) is 9.59 Å². The highest BCUT2D eigenvalue weighted by Gasteiger charge is 2.08. The monoisotopic (exact) mass is 282 g/mol. The summed E-state index contributed by atoms with van der Waals surface area (Å²) in [5.41, 5.74) is 2.26. The topological polar surface area (TPSA) is 82.2 Å². The van der Waals surface area contributed by atoms with E-state index in [0.29, 0.717) is 16.8 Å². The molecule has 1 amide bonds. The lowest BCUT2D eigenvalue weighted by atomic mass is 10.1. The quantitative estimate of drug-likeness (QED) is 0.726. The predicted molar refractivity (Wildman–Crippen MR) is 80.2 cm³/mol.